The first-order valence-electron chi connectivity index (χ1n) is 9.06. The molecule has 2 N–H and O–H groups in total. The van der Waals surface area contributed by atoms with Gasteiger partial charge in [0.1, 0.15) is 5.75 Å². The third-order valence-corrected chi connectivity index (χ3v) is 5.30. The molecule has 1 heterocycles. The van der Waals surface area contributed by atoms with E-state index in [9.17, 15) is 0 Å². The number of nitrogens with one attached hydrogen (secondary N) is 2. The van der Waals surface area contributed by atoms with Crippen LogP contribution in [0.4, 0.5) is 0 Å². The van der Waals surface area contributed by atoms with Gasteiger partial charge >= 0.3 is 0 Å². The van der Waals surface area contributed by atoms with Crippen LogP contribution in [-0.2, 0) is 6.54 Å². The van der Waals surface area contributed by atoms with Gasteiger partial charge in [-0.2, -0.15) is 0 Å². The molecule has 0 saturated heterocycles. The summed E-state index contributed by atoms with van der Waals surface area (Å²) in [4.78, 5) is 8.09. The van der Waals surface area contributed by atoms with Crippen molar-refractivity contribution >= 4 is 17.3 Å². The second-order valence-corrected chi connectivity index (χ2v) is 6.93. The van der Waals surface area contributed by atoms with Crippen molar-refractivity contribution < 1.29 is 4.74 Å². The van der Waals surface area contributed by atoms with Crippen LogP contribution >= 0.6 is 11.3 Å². The van der Waals surface area contributed by atoms with Crippen LogP contribution in [0.15, 0.2) is 46.8 Å². The summed E-state index contributed by atoms with van der Waals surface area (Å²) in [6, 6.07) is 12.8. The van der Waals surface area contributed by atoms with Crippen molar-refractivity contribution in [2.24, 2.45) is 4.99 Å². The summed E-state index contributed by atoms with van der Waals surface area (Å²) in [6.45, 7) is 7.93. The van der Waals surface area contributed by atoms with Gasteiger partial charge in [0.2, 0.25) is 0 Å². The number of likely N-dealkylation sites (N-methyl/N-ethyl adjacent to an activating group) is 1. The molecule has 0 spiro atoms. The van der Waals surface area contributed by atoms with E-state index in [0.717, 1.165) is 37.9 Å². The molecule has 2 aromatic rings. The Morgan fingerprint density at radius 1 is 1.19 bits per heavy atom. The van der Waals surface area contributed by atoms with Crippen molar-refractivity contribution in [3.8, 4) is 5.75 Å². The van der Waals surface area contributed by atoms with Crippen LogP contribution in [0.5, 0.6) is 5.75 Å². The van der Waals surface area contributed by atoms with E-state index in [-0.39, 0.29) is 6.04 Å². The Morgan fingerprint density at radius 2 is 2.00 bits per heavy atom. The van der Waals surface area contributed by atoms with Crippen LogP contribution in [0.25, 0.3) is 0 Å². The van der Waals surface area contributed by atoms with E-state index in [4.69, 9.17) is 4.74 Å². The van der Waals surface area contributed by atoms with Gasteiger partial charge in [-0.15, -0.1) is 11.3 Å². The van der Waals surface area contributed by atoms with Gasteiger partial charge < -0.3 is 15.4 Å². The highest BCUT2D eigenvalue weighted by molar-refractivity contribution is 7.09. The first-order valence-corrected chi connectivity index (χ1v) is 9.94. The molecule has 0 fully saturated rings. The van der Waals surface area contributed by atoms with E-state index < -0.39 is 0 Å². The molecule has 0 amide bonds. The van der Waals surface area contributed by atoms with Gasteiger partial charge in [-0.3, -0.25) is 9.89 Å². The van der Waals surface area contributed by atoms with E-state index in [0.29, 0.717) is 0 Å². The lowest BCUT2D eigenvalue weighted by molar-refractivity contribution is 0.218. The van der Waals surface area contributed by atoms with Crippen LogP contribution < -0.4 is 15.4 Å². The number of thiophene rings is 1. The predicted molar refractivity (Wildman–Crippen MR) is 111 cm³/mol. The molecule has 0 bridgehead atoms. The van der Waals surface area contributed by atoms with E-state index in [2.05, 4.69) is 70.1 Å². The number of ether oxygens (including phenoxy) is 1. The average Bonchev–Trinajstić information content (AvgIpc) is 3.21. The van der Waals surface area contributed by atoms with E-state index in [1.807, 2.05) is 13.1 Å². The van der Waals surface area contributed by atoms with Crippen molar-refractivity contribution in [1.82, 2.24) is 15.5 Å². The molecule has 1 unspecified atom stereocenters. The lowest BCUT2D eigenvalue weighted by Gasteiger charge is -2.31. The maximum atomic E-state index is 5.40. The summed E-state index contributed by atoms with van der Waals surface area (Å²) >= 11 is 1.75. The highest BCUT2D eigenvalue weighted by Gasteiger charge is 2.19. The standard InChI is InChI=1S/C20H30N4OS/c1-5-24(6-2)19(16-9-7-10-17(13-16)25-4)15-23-20(21-3)22-14-18-11-8-12-26-18/h7-13,19H,5-6,14-15H2,1-4H3,(H2,21,22,23). The number of benzene rings is 1. The van der Waals surface area contributed by atoms with Crippen molar-refractivity contribution in [3.05, 3.63) is 52.2 Å². The summed E-state index contributed by atoms with van der Waals surface area (Å²) in [5, 5.41) is 8.95. The fourth-order valence-electron chi connectivity index (χ4n) is 2.97. The van der Waals surface area contributed by atoms with E-state index in [1.165, 1.54) is 10.4 Å². The zero-order valence-corrected chi connectivity index (χ0v) is 17.0. The normalized spacial score (nSPS) is 12.9. The molecule has 1 aromatic carbocycles. The third kappa shape index (κ3) is 5.75. The molecule has 0 saturated carbocycles. The molecule has 0 aliphatic carbocycles. The lowest BCUT2D eigenvalue weighted by atomic mass is 10.0. The van der Waals surface area contributed by atoms with Gasteiger partial charge in [0.05, 0.1) is 19.7 Å². The van der Waals surface area contributed by atoms with Crippen molar-refractivity contribution in [2.75, 3.05) is 33.8 Å². The highest BCUT2D eigenvalue weighted by Crippen LogP contribution is 2.23. The summed E-state index contributed by atoms with van der Waals surface area (Å²) in [5.41, 5.74) is 1.24. The minimum absolute atomic E-state index is 0.250. The number of rotatable bonds is 9. The molecule has 2 rings (SSSR count). The summed E-state index contributed by atoms with van der Waals surface area (Å²) in [6.07, 6.45) is 0. The number of methoxy groups -OCH3 is 1. The fourth-order valence-corrected chi connectivity index (χ4v) is 3.61. The molecule has 5 nitrogen and oxygen atoms in total. The van der Waals surface area contributed by atoms with Gasteiger partial charge in [0.15, 0.2) is 5.96 Å². The summed E-state index contributed by atoms with van der Waals surface area (Å²) in [5.74, 6) is 1.71. The maximum absolute atomic E-state index is 5.40. The second-order valence-electron chi connectivity index (χ2n) is 5.90. The molecule has 0 radical (unpaired) electrons. The zero-order valence-electron chi connectivity index (χ0n) is 16.2. The highest BCUT2D eigenvalue weighted by atomic mass is 32.1. The van der Waals surface area contributed by atoms with Crippen LogP contribution in [0.2, 0.25) is 0 Å². The monoisotopic (exact) mass is 374 g/mol. The Morgan fingerprint density at radius 3 is 2.62 bits per heavy atom. The number of guanidine groups is 1. The van der Waals surface area contributed by atoms with Gasteiger partial charge in [0.25, 0.3) is 0 Å². The van der Waals surface area contributed by atoms with Crippen LogP contribution in [0.3, 0.4) is 0 Å². The minimum atomic E-state index is 0.250. The van der Waals surface area contributed by atoms with Gasteiger partial charge in [-0.1, -0.05) is 32.0 Å². The fraction of sp³-hybridized carbons (Fsp3) is 0.450. The molecule has 142 valence electrons. The zero-order chi connectivity index (χ0) is 18.8. The van der Waals surface area contributed by atoms with Crippen molar-refractivity contribution in [2.45, 2.75) is 26.4 Å². The molecular formula is C20H30N4OS. The second kappa shape index (κ2) is 10.8. The molecule has 1 aromatic heterocycles. The smallest absolute Gasteiger partial charge is 0.191 e. The average molecular weight is 375 g/mol. The number of nitrogens with zero attached hydrogens (tertiary/aromatic N) is 2. The number of hydrogen-bond acceptors (Lipinski definition) is 4. The Balaban J connectivity index is 2.05. The summed E-state index contributed by atoms with van der Waals surface area (Å²) in [7, 11) is 3.52. The van der Waals surface area contributed by atoms with E-state index in [1.54, 1.807) is 18.4 Å². The van der Waals surface area contributed by atoms with Crippen molar-refractivity contribution in [1.29, 1.82) is 0 Å². The lowest BCUT2D eigenvalue weighted by Crippen LogP contribution is -2.43. The van der Waals surface area contributed by atoms with Gasteiger partial charge in [-0.25, -0.2) is 0 Å². The molecular weight excluding hydrogens is 344 g/mol. The van der Waals surface area contributed by atoms with Crippen LogP contribution in [0.1, 0.15) is 30.3 Å². The SMILES string of the molecule is CCN(CC)C(CNC(=NC)NCc1cccs1)c1cccc(OC)c1. The number of aliphatic imine (C=N–C) groups is 1. The molecule has 0 aliphatic heterocycles. The topological polar surface area (TPSA) is 48.9 Å². The molecule has 6 heteroatoms. The first-order chi connectivity index (χ1) is 12.7. The molecule has 0 aliphatic rings. The van der Waals surface area contributed by atoms with Gasteiger partial charge in [-0.05, 0) is 42.2 Å². The Hall–Kier alpha value is -2.05. The third-order valence-electron chi connectivity index (χ3n) is 4.43. The largest absolute Gasteiger partial charge is 0.497 e. The van der Waals surface area contributed by atoms with Crippen LogP contribution in [-0.4, -0.2) is 44.7 Å². The van der Waals surface area contributed by atoms with Crippen LogP contribution in [0, 0.1) is 0 Å². The predicted octanol–water partition coefficient (Wildman–Crippen LogP) is 3.50. The Kier molecular flexibility index (Phi) is 8.44. The number of hydrogen-bond donors (Lipinski definition) is 2. The quantitative estimate of drug-likeness (QED) is 0.521. The van der Waals surface area contributed by atoms with Crippen molar-refractivity contribution in [3.63, 3.8) is 0 Å². The Labute approximate surface area is 161 Å². The maximum Gasteiger partial charge on any atom is 0.191 e. The van der Waals surface area contributed by atoms with Gasteiger partial charge in [0, 0.05) is 18.5 Å². The minimum Gasteiger partial charge on any atom is -0.497 e. The van der Waals surface area contributed by atoms with E-state index >= 15 is 0 Å². The molecule has 1 atom stereocenters. The Bertz CT molecular complexity index is 668. The molecule has 26 heavy (non-hydrogen) atoms. The first kappa shape index (κ1) is 20.3. The summed E-state index contributed by atoms with van der Waals surface area (Å²) < 4.78 is 5.40.